The van der Waals surface area contributed by atoms with E-state index in [9.17, 15) is 18.0 Å². The maximum atomic E-state index is 13.5. The van der Waals surface area contributed by atoms with Crippen LogP contribution in [0, 0.1) is 0 Å². The van der Waals surface area contributed by atoms with Crippen molar-refractivity contribution in [2.45, 2.75) is 45.2 Å². The van der Waals surface area contributed by atoms with Crippen molar-refractivity contribution in [3.8, 4) is 0 Å². The molecule has 0 bridgehead atoms. The second kappa shape index (κ2) is 7.44. The first-order valence-corrected chi connectivity index (χ1v) is 12.3. The van der Waals surface area contributed by atoms with Crippen molar-refractivity contribution in [3.05, 3.63) is 47.7 Å². The van der Waals surface area contributed by atoms with Crippen LogP contribution in [0.3, 0.4) is 0 Å². The summed E-state index contributed by atoms with van der Waals surface area (Å²) in [6.45, 7) is 5.03. The molecule has 33 heavy (non-hydrogen) atoms. The first-order valence-electron chi connectivity index (χ1n) is 11.9. The lowest BCUT2D eigenvalue weighted by Crippen LogP contribution is -2.43. The third kappa shape index (κ3) is 3.72. The van der Waals surface area contributed by atoms with Crippen molar-refractivity contribution in [2.24, 2.45) is 0 Å². The zero-order valence-corrected chi connectivity index (χ0v) is 20.0. The van der Waals surface area contributed by atoms with Crippen LogP contribution in [0.2, 0.25) is 0 Å². The van der Waals surface area contributed by atoms with Crippen molar-refractivity contribution in [2.75, 3.05) is 34.3 Å². The number of aromatic nitrogens is 1. The highest BCUT2D eigenvalue weighted by molar-refractivity contribution is 7.92. The van der Waals surface area contributed by atoms with E-state index < -0.39 is 39.9 Å². The molecule has 0 unspecified atom stereocenters. The summed E-state index contributed by atoms with van der Waals surface area (Å²) in [5.41, 5.74) is 0.511. The van der Waals surface area contributed by atoms with Crippen LogP contribution in [0.1, 0.15) is 42.9 Å². The lowest BCUT2D eigenvalue weighted by molar-refractivity contribution is -0.123. The molecule has 2 aromatic rings. The van der Waals surface area contributed by atoms with Gasteiger partial charge < -0.3 is 10.2 Å². The Morgan fingerprint density at radius 3 is 2.55 bits per heavy atom. The van der Waals surface area contributed by atoms with E-state index in [1.54, 1.807) is 38.1 Å². The van der Waals surface area contributed by atoms with Gasteiger partial charge in [0.05, 0.1) is 17.6 Å². The average Bonchev–Trinajstić information content (AvgIpc) is 3.09. The first kappa shape index (κ1) is 19.3. The highest BCUT2D eigenvalue weighted by Crippen LogP contribution is 2.44. The number of rotatable bonds is 5. The minimum atomic E-state index is -3.56. The number of fused-ring (bicyclic) bond motifs is 1. The van der Waals surface area contributed by atoms with Gasteiger partial charge in [-0.05, 0) is 49.2 Å². The van der Waals surface area contributed by atoms with E-state index in [0.717, 1.165) is 16.7 Å². The molecule has 2 aliphatic heterocycles. The standard InChI is InChI=1S/C23H29N5O4S/c1-22(2)14-27(33(6,31)32)18-12-16(7-8-17(18)22)28-20(29)23(3,4)26(21(28)30)13-15-9-10-25-19(11-15)24-5/h7-12H,13-14H2,1-6H3,(H,24,25)/i5D3. The molecule has 0 atom stereocenters. The summed E-state index contributed by atoms with van der Waals surface area (Å²) < 4.78 is 48.3. The first-order chi connectivity index (χ1) is 16.4. The molecule has 0 aliphatic carbocycles. The Labute approximate surface area is 198 Å². The van der Waals surface area contributed by atoms with Crippen LogP contribution in [0.25, 0.3) is 0 Å². The summed E-state index contributed by atoms with van der Waals surface area (Å²) in [5, 5.41) is 2.32. The van der Waals surface area contributed by atoms with Gasteiger partial charge in [0.1, 0.15) is 11.4 Å². The molecule has 3 amide bonds. The Balaban J connectivity index is 1.68. The Hall–Kier alpha value is -3.14. The van der Waals surface area contributed by atoms with Gasteiger partial charge in [-0.25, -0.2) is 23.1 Å². The summed E-state index contributed by atoms with van der Waals surface area (Å²) in [5.74, 6) is -0.326. The van der Waals surface area contributed by atoms with Crippen LogP contribution in [0.4, 0.5) is 22.0 Å². The summed E-state index contributed by atoms with van der Waals surface area (Å²) in [6.07, 6.45) is 2.56. The zero-order valence-electron chi connectivity index (χ0n) is 22.2. The monoisotopic (exact) mass is 474 g/mol. The van der Waals surface area contributed by atoms with Crippen molar-refractivity contribution in [3.63, 3.8) is 0 Å². The minimum Gasteiger partial charge on any atom is -0.373 e. The van der Waals surface area contributed by atoms with Crippen LogP contribution in [0.15, 0.2) is 36.5 Å². The van der Waals surface area contributed by atoms with Crippen molar-refractivity contribution >= 4 is 39.2 Å². The minimum absolute atomic E-state index is 0.0414. The van der Waals surface area contributed by atoms with Gasteiger partial charge in [-0.2, -0.15) is 0 Å². The number of imide groups is 1. The Kier molecular flexibility index (Phi) is 4.36. The molecule has 3 heterocycles. The molecular formula is C23H29N5O4S. The number of sulfonamides is 1. The molecule has 0 spiro atoms. The van der Waals surface area contributed by atoms with Crippen molar-refractivity contribution in [1.82, 2.24) is 9.88 Å². The summed E-state index contributed by atoms with van der Waals surface area (Å²) in [4.78, 5) is 33.4. The van der Waals surface area contributed by atoms with Crippen LogP contribution in [0.5, 0.6) is 0 Å². The predicted molar refractivity (Wildman–Crippen MR) is 128 cm³/mol. The second-order valence-electron chi connectivity index (χ2n) is 9.60. The number of nitrogens with one attached hydrogen (secondary N) is 1. The van der Waals surface area contributed by atoms with E-state index in [-0.39, 0.29) is 24.6 Å². The fourth-order valence-corrected chi connectivity index (χ4v) is 5.48. The largest absolute Gasteiger partial charge is 0.373 e. The van der Waals surface area contributed by atoms with E-state index >= 15 is 0 Å². The number of hydrogen-bond acceptors (Lipinski definition) is 6. The number of benzene rings is 1. The number of pyridine rings is 1. The molecule has 2 aliphatic rings. The average molecular weight is 475 g/mol. The summed E-state index contributed by atoms with van der Waals surface area (Å²) >= 11 is 0. The van der Waals surface area contributed by atoms with E-state index in [0.29, 0.717) is 11.3 Å². The number of carbonyl (C=O) groups excluding carboxylic acids is 2. The van der Waals surface area contributed by atoms with Crippen LogP contribution in [-0.4, -0.2) is 55.6 Å². The number of urea groups is 1. The third-order valence-electron chi connectivity index (χ3n) is 6.29. The molecule has 176 valence electrons. The molecule has 1 saturated heterocycles. The van der Waals surface area contributed by atoms with E-state index in [4.69, 9.17) is 4.11 Å². The van der Waals surface area contributed by atoms with Gasteiger partial charge >= 0.3 is 6.03 Å². The Morgan fingerprint density at radius 2 is 1.88 bits per heavy atom. The maximum absolute atomic E-state index is 13.5. The van der Waals surface area contributed by atoms with Crippen molar-refractivity contribution in [1.29, 1.82) is 0 Å². The topological polar surface area (TPSA) is 103 Å². The smallest absolute Gasteiger partial charge is 0.332 e. The number of amides is 3. The molecule has 9 nitrogen and oxygen atoms in total. The lowest BCUT2D eigenvalue weighted by Gasteiger charge is -2.27. The fraction of sp³-hybridized carbons (Fsp3) is 0.435. The van der Waals surface area contributed by atoms with E-state index in [1.165, 1.54) is 21.5 Å². The molecule has 0 saturated carbocycles. The van der Waals surface area contributed by atoms with Gasteiger partial charge in [0, 0.05) is 35.8 Å². The number of hydrogen-bond donors (Lipinski definition) is 1. The molecule has 10 heteroatoms. The highest BCUT2D eigenvalue weighted by Gasteiger charge is 2.52. The van der Waals surface area contributed by atoms with E-state index in [2.05, 4.69) is 10.3 Å². The second-order valence-corrected chi connectivity index (χ2v) is 11.5. The Bertz CT molecular complexity index is 1360. The molecule has 1 N–H and O–H groups in total. The molecule has 0 radical (unpaired) electrons. The summed E-state index contributed by atoms with van der Waals surface area (Å²) in [7, 11) is -3.56. The van der Waals surface area contributed by atoms with Gasteiger partial charge in [0.15, 0.2) is 0 Å². The van der Waals surface area contributed by atoms with Gasteiger partial charge in [-0.1, -0.05) is 19.9 Å². The normalized spacial score (nSPS) is 21.0. The zero-order chi connectivity index (χ0) is 26.8. The SMILES string of the molecule is [2H]C([2H])([2H])Nc1cc(CN2C(=O)N(c3ccc4c(c3)N(S(C)(=O)=O)CC4(C)C)C(=O)C2(C)C)ccn1. The lowest BCUT2D eigenvalue weighted by atomic mass is 9.87. The maximum Gasteiger partial charge on any atom is 0.332 e. The number of carbonyl (C=O) groups is 2. The van der Waals surface area contributed by atoms with E-state index in [1.807, 2.05) is 13.8 Å². The fourth-order valence-electron chi connectivity index (χ4n) is 4.42. The molecule has 1 aromatic heterocycles. The molecule has 4 rings (SSSR count). The molecule has 1 fully saturated rings. The van der Waals surface area contributed by atoms with Gasteiger partial charge in [-0.15, -0.1) is 0 Å². The highest BCUT2D eigenvalue weighted by atomic mass is 32.2. The summed E-state index contributed by atoms with van der Waals surface area (Å²) in [6, 6.07) is 7.60. The van der Waals surface area contributed by atoms with Crippen LogP contribution in [-0.2, 0) is 26.8 Å². The van der Waals surface area contributed by atoms with Gasteiger partial charge in [0.2, 0.25) is 10.0 Å². The van der Waals surface area contributed by atoms with Crippen LogP contribution >= 0.6 is 0 Å². The van der Waals surface area contributed by atoms with Crippen molar-refractivity contribution < 1.29 is 22.1 Å². The predicted octanol–water partition coefficient (Wildman–Crippen LogP) is 2.93. The third-order valence-corrected chi connectivity index (χ3v) is 7.42. The Morgan fingerprint density at radius 1 is 1.15 bits per heavy atom. The molecule has 1 aromatic carbocycles. The molecular weight excluding hydrogens is 442 g/mol. The quantitative estimate of drug-likeness (QED) is 0.669. The number of nitrogens with zero attached hydrogens (tertiary/aromatic N) is 4. The van der Waals surface area contributed by atoms with Crippen LogP contribution < -0.4 is 14.5 Å². The number of anilines is 3. The van der Waals surface area contributed by atoms with Gasteiger partial charge in [-0.3, -0.25) is 9.10 Å². The van der Waals surface area contributed by atoms with Gasteiger partial charge in [0.25, 0.3) is 5.91 Å².